The lowest BCUT2D eigenvalue weighted by atomic mass is 10.3. The van der Waals surface area contributed by atoms with Crippen LogP contribution in [0.2, 0.25) is 5.02 Å². The molecule has 4 nitrogen and oxygen atoms in total. The predicted octanol–water partition coefficient (Wildman–Crippen LogP) is 1.71. The summed E-state index contributed by atoms with van der Waals surface area (Å²) >= 11 is 5.82. The van der Waals surface area contributed by atoms with Gasteiger partial charge in [-0.05, 0) is 12.1 Å². The molecule has 0 spiro atoms. The molecule has 78 valence electrons. The molecule has 0 unspecified atom stereocenters. The van der Waals surface area contributed by atoms with Crippen molar-refractivity contribution in [2.75, 3.05) is 6.61 Å². The molecular formula is C10H9ClN2O2. The SMILES string of the molecule is N#CNC(=O)CCOc1ccccc1Cl. The van der Waals surface area contributed by atoms with E-state index in [0.29, 0.717) is 10.8 Å². The van der Waals surface area contributed by atoms with E-state index in [9.17, 15) is 4.79 Å². The van der Waals surface area contributed by atoms with Gasteiger partial charge in [-0.1, -0.05) is 23.7 Å². The number of rotatable bonds is 4. The molecule has 0 saturated heterocycles. The van der Waals surface area contributed by atoms with Gasteiger partial charge in [-0.15, -0.1) is 0 Å². The quantitative estimate of drug-likeness (QED) is 0.626. The topological polar surface area (TPSA) is 62.1 Å². The van der Waals surface area contributed by atoms with Crippen LogP contribution in [-0.2, 0) is 4.79 Å². The standard InChI is InChI=1S/C10H9ClN2O2/c11-8-3-1-2-4-9(8)15-6-5-10(14)13-7-12/h1-4H,5-6H2,(H,13,14). The third-order valence-electron chi connectivity index (χ3n) is 1.62. The second-order valence-corrected chi connectivity index (χ2v) is 3.10. The Kier molecular flexibility index (Phi) is 4.45. The number of nitrogens with one attached hydrogen (secondary N) is 1. The number of benzene rings is 1. The number of amides is 1. The number of para-hydroxylation sites is 1. The fraction of sp³-hybridized carbons (Fsp3) is 0.200. The van der Waals surface area contributed by atoms with E-state index in [-0.39, 0.29) is 18.9 Å². The van der Waals surface area contributed by atoms with Gasteiger partial charge < -0.3 is 4.74 Å². The summed E-state index contributed by atoms with van der Waals surface area (Å²) in [4.78, 5) is 10.9. The summed E-state index contributed by atoms with van der Waals surface area (Å²) in [5.74, 6) is 0.161. The van der Waals surface area contributed by atoms with Crippen LogP contribution in [0, 0.1) is 11.5 Å². The van der Waals surface area contributed by atoms with E-state index in [1.165, 1.54) is 0 Å². The number of hydrogen-bond donors (Lipinski definition) is 1. The number of carbonyl (C=O) groups is 1. The average Bonchev–Trinajstić information content (AvgIpc) is 2.21. The van der Waals surface area contributed by atoms with Crippen LogP contribution in [0.1, 0.15) is 6.42 Å². The number of nitriles is 1. The van der Waals surface area contributed by atoms with Gasteiger partial charge in [-0.2, -0.15) is 5.26 Å². The zero-order valence-electron chi connectivity index (χ0n) is 7.87. The van der Waals surface area contributed by atoms with E-state index in [1.54, 1.807) is 30.5 Å². The molecule has 0 bridgehead atoms. The van der Waals surface area contributed by atoms with Gasteiger partial charge in [0.1, 0.15) is 5.75 Å². The van der Waals surface area contributed by atoms with Crippen molar-refractivity contribution in [2.24, 2.45) is 0 Å². The molecule has 0 atom stereocenters. The van der Waals surface area contributed by atoms with Crippen molar-refractivity contribution in [3.63, 3.8) is 0 Å². The summed E-state index contributed by atoms with van der Waals surface area (Å²) in [5.41, 5.74) is 0. The largest absolute Gasteiger partial charge is 0.491 e. The Morgan fingerprint density at radius 1 is 1.53 bits per heavy atom. The summed E-state index contributed by atoms with van der Waals surface area (Å²) in [6.45, 7) is 0.192. The number of nitrogens with zero attached hydrogens (tertiary/aromatic N) is 1. The van der Waals surface area contributed by atoms with Crippen LogP contribution in [0.5, 0.6) is 5.75 Å². The van der Waals surface area contributed by atoms with Crippen LogP contribution in [0.15, 0.2) is 24.3 Å². The lowest BCUT2D eigenvalue weighted by Gasteiger charge is -2.06. The minimum absolute atomic E-state index is 0.124. The van der Waals surface area contributed by atoms with Crippen LogP contribution < -0.4 is 10.1 Å². The second kappa shape index (κ2) is 5.89. The highest BCUT2D eigenvalue weighted by Crippen LogP contribution is 2.22. The summed E-state index contributed by atoms with van der Waals surface area (Å²) in [5, 5.41) is 10.7. The highest BCUT2D eigenvalue weighted by Gasteiger charge is 2.02. The Balaban J connectivity index is 2.36. The van der Waals surface area contributed by atoms with Crippen molar-refractivity contribution < 1.29 is 9.53 Å². The van der Waals surface area contributed by atoms with Crippen molar-refractivity contribution in [1.82, 2.24) is 5.32 Å². The maximum absolute atomic E-state index is 10.9. The van der Waals surface area contributed by atoms with E-state index in [0.717, 1.165) is 0 Å². The van der Waals surface area contributed by atoms with Gasteiger partial charge in [0.05, 0.1) is 18.1 Å². The molecule has 1 rings (SSSR count). The first-order valence-corrected chi connectivity index (χ1v) is 4.67. The fourth-order valence-electron chi connectivity index (χ4n) is 0.940. The van der Waals surface area contributed by atoms with Gasteiger partial charge in [0, 0.05) is 0 Å². The molecular weight excluding hydrogens is 216 g/mol. The molecule has 0 radical (unpaired) electrons. The highest BCUT2D eigenvalue weighted by atomic mass is 35.5. The molecule has 0 aliphatic rings. The Morgan fingerprint density at radius 2 is 2.27 bits per heavy atom. The van der Waals surface area contributed by atoms with E-state index < -0.39 is 0 Å². The minimum Gasteiger partial charge on any atom is -0.491 e. The van der Waals surface area contributed by atoms with Gasteiger partial charge in [0.25, 0.3) is 0 Å². The van der Waals surface area contributed by atoms with Gasteiger partial charge in [0.15, 0.2) is 6.19 Å². The molecule has 1 amide bonds. The molecule has 0 aliphatic carbocycles. The van der Waals surface area contributed by atoms with E-state index in [1.807, 2.05) is 5.32 Å². The molecule has 1 N–H and O–H groups in total. The average molecular weight is 225 g/mol. The number of halogens is 1. The van der Waals surface area contributed by atoms with Crippen LogP contribution in [0.3, 0.4) is 0 Å². The third-order valence-corrected chi connectivity index (χ3v) is 1.93. The van der Waals surface area contributed by atoms with Crippen LogP contribution in [0.25, 0.3) is 0 Å². The monoisotopic (exact) mass is 224 g/mol. The van der Waals surface area contributed by atoms with Gasteiger partial charge in [-0.25, -0.2) is 0 Å². The number of ether oxygens (including phenoxy) is 1. The molecule has 0 saturated carbocycles. The van der Waals surface area contributed by atoms with Crippen LogP contribution >= 0.6 is 11.6 Å². The lowest BCUT2D eigenvalue weighted by Crippen LogP contribution is -2.19. The van der Waals surface area contributed by atoms with Gasteiger partial charge >= 0.3 is 0 Å². The van der Waals surface area contributed by atoms with Crippen molar-refractivity contribution in [2.45, 2.75) is 6.42 Å². The summed E-state index contributed by atoms with van der Waals surface area (Å²) in [6, 6.07) is 6.99. The van der Waals surface area contributed by atoms with E-state index in [4.69, 9.17) is 21.6 Å². The third kappa shape index (κ3) is 3.88. The maximum Gasteiger partial charge on any atom is 0.236 e. The summed E-state index contributed by atoms with van der Waals surface area (Å²) in [7, 11) is 0. The molecule has 0 fully saturated rings. The Labute approximate surface area is 92.4 Å². The van der Waals surface area contributed by atoms with Crippen molar-refractivity contribution in [1.29, 1.82) is 5.26 Å². The molecule has 15 heavy (non-hydrogen) atoms. The van der Waals surface area contributed by atoms with Crippen molar-refractivity contribution >= 4 is 17.5 Å². The first-order valence-electron chi connectivity index (χ1n) is 4.29. The number of hydrogen-bond acceptors (Lipinski definition) is 3. The van der Waals surface area contributed by atoms with Crippen LogP contribution in [0.4, 0.5) is 0 Å². The van der Waals surface area contributed by atoms with Crippen LogP contribution in [-0.4, -0.2) is 12.5 Å². The molecule has 5 heteroatoms. The van der Waals surface area contributed by atoms with Crippen molar-refractivity contribution in [3.8, 4) is 11.9 Å². The first-order chi connectivity index (χ1) is 7.24. The highest BCUT2D eigenvalue weighted by molar-refractivity contribution is 6.32. The Hall–Kier alpha value is -1.73. The normalized spacial score (nSPS) is 9.07. The molecule has 0 heterocycles. The zero-order valence-corrected chi connectivity index (χ0v) is 8.62. The van der Waals surface area contributed by atoms with Crippen molar-refractivity contribution in [3.05, 3.63) is 29.3 Å². The fourth-order valence-corrected chi connectivity index (χ4v) is 1.13. The summed E-state index contributed by atoms with van der Waals surface area (Å²) < 4.78 is 5.25. The Bertz CT molecular complexity index is 387. The smallest absolute Gasteiger partial charge is 0.236 e. The molecule has 0 aliphatic heterocycles. The molecule has 1 aromatic rings. The van der Waals surface area contributed by atoms with E-state index >= 15 is 0 Å². The minimum atomic E-state index is -0.371. The molecule has 0 aromatic heterocycles. The zero-order chi connectivity index (χ0) is 11.1. The predicted molar refractivity (Wildman–Crippen MR) is 55.3 cm³/mol. The molecule has 1 aromatic carbocycles. The number of carbonyl (C=O) groups excluding carboxylic acids is 1. The summed E-state index contributed by atoms with van der Waals surface area (Å²) in [6.07, 6.45) is 1.67. The van der Waals surface area contributed by atoms with Gasteiger partial charge in [0.2, 0.25) is 5.91 Å². The second-order valence-electron chi connectivity index (χ2n) is 2.69. The Morgan fingerprint density at radius 3 is 2.93 bits per heavy atom. The first kappa shape index (κ1) is 11.3. The maximum atomic E-state index is 10.9. The van der Waals surface area contributed by atoms with Gasteiger partial charge in [-0.3, -0.25) is 10.1 Å². The lowest BCUT2D eigenvalue weighted by molar-refractivity contribution is -0.120. The van der Waals surface area contributed by atoms with E-state index in [2.05, 4.69) is 0 Å².